The quantitative estimate of drug-likeness (QED) is 0.321. The van der Waals surface area contributed by atoms with Crippen molar-refractivity contribution < 1.29 is 18.7 Å². The summed E-state index contributed by atoms with van der Waals surface area (Å²) >= 11 is 1.20. The minimum absolute atomic E-state index is 0.0149. The zero-order valence-electron chi connectivity index (χ0n) is 23.8. The van der Waals surface area contributed by atoms with Crippen molar-refractivity contribution in [3.63, 3.8) is 0 Å². The van der Waals surface area contributed by atoms with Gasteiger partial charge in [-0.05, 0) is 36.8 Å². The number of rotatable bonds is 7. The fraction of sp³-hybridized carbons (Fsp3) is 0.379. The number of aliphatic hydroxyl groups is 1. The summed E-state index contributed by atoms with van der Waals surface area (Å²) < 4.78 is 30.6. The Bertz CT molecular complexity index is 1720. The SMILES string of the molecule is [B]c1c(F)c(N2CCN(CC(=O)N3CC(O)C3)CC2)cc2c(N(C)c3nc(-c4ccc(F)cc4)c(C#N)s3)c(CC)nn12. The Morgan fingerprint density at radius 2 is 1.91 bits per heavy atom. The highest BCUT2D eigenvalue weighted by atomic mass is 32.1. The number of nitrogens with zero attached hydrogens (tertiary/aromatic N) is 8. The first kappa shape index (κ1) is 29.0. The topological polar surface area (TPSA) is 104 Å². The zero-order valence-corrected chi connectivity index (χ0v) is 24.6. The molecule has 2 fully saturated rings. The highest BCUT2D eigenvalue weighted by Crippen LogP contribution is 2.39. The molecule has 0 bridgehead atoms. The second-order valence-electron chi connectivity index (χ2n) is 10.7. The van der Waals surface area contributed by atoms with Crippen LogP contribution in [-0.2, 0) is 11.2 Å². The van der Waals surface area contributed by atoms with E-state index >= 15 is 4.39 Å². The number of amides is 1. The van der Waals surface area contributed by atoms with Gasteiger partial charge >= 0.3 is 0 Å². The molecule has 2 saturated heterocycles. The van der Waals surface area contributed by atoms with Crippen molar-refractivity contribution in [2.75, 3.05) is 62.7 Å². The molecule has 1 aromatic carbocycles. The third-order valence-corrected chi connectivity index (χ3v) is 9.03. The number of pyridine rings is 1. The lowest BCUT2D eigenvalue weighted by Crippen LogP contribution is -2.57. The zero-order chi connectivity index (χ0) is 30.4. The van der Waals surface area contributed by atoms with Gasteiger partial charge in [0.25, 0.3) is 0 Å². The number of anilines is 3. The lowest BCUT2D eigenvalue weighted by molar-refractivity contribution is -0.142. The monoisotopic (exact) mass is 602 g/mol. The average Bonchev–Trinajstić information content (AvgIpc) is 3.60. The van der Waals surface area contributed by atoms with Crippen molar-refractivity contribution in [1.82, 2.24) is 24.4 Å². The van der Waals surface area contributed by atoms with E-state index in [2.05, 4.69) is 11.2 Å². The molecule has 2 aliphatic rings. The molecule has 4 aromatic rings. The van der Waals surface area contributed by atoms with Gasteiger partial charge in [-0.15, -0.1) is 0 Å². The first-order valence-electron chi connectivity index (χ1n) is 14.0. The van der Waals surface area contributed by atoms with Crippen LogP contribution in [0.4, 0.5) is 25.3 Å². The predicted molar refractivity (Wildman–Crippen MR) is 161 cm³/mol. The van der Waals surface area contributed by atoms with E-state index in [0.29, 0.717) is 89.5 Å². The number of aliphatic hydroxyl groups excluding tert-OH is 1. The molecule has 10 nitrogen and oxygen atoms in total. The number of carbonyl (C=O) groups excluding carboxylic acids is 1. The van der Waals surface area contributed by atoms with Gasteiger partial charge in [-0.3, -0.25) is 9.69 Å². The highest BCUT2D eigenvalue weighted by molar-refractivity contribution is 7.16. The molecule has 0 unspecified atom stereocenters. The van der Waals surface area contributed by atoms with Gasteiger partial charge in [0.2, 0.25) is 5.91 Å². The van der Waals surface area contributed by atoms with Crippen molar-refractivity contribution in [3.05, 3.63) is 52.5 Å². The van der Waals surface area contributed by atoms with Crippen LogP contribution in [0.3, 0.4) is 0 Å². The normalized spacial score (nSPS) is 16.0. The second-order valence-corrected chi connectivity index (χ2v) is 11.7. The number of carbonyl (C=O) groups is 1. The van der Waals surface area contributed by atoms with E-state index in [1.807, 2.05) is 28.7 Å². The van der Waals surface area contributed by atoms with Gasteiger partial charge in [0.05, 0.1) is 35.2 Å². The number of hydrogen-bond acceptors (Lipinski definition) is 9. The Labute approximate surface area is 252 Å². The van der Waals surface area contributed by atoms with E-state index in [1.165, 1.54) is 28.0 Å². The molecular weight excluding hydrogens is 573 g/mol. The van der Waals surface area contributed by atoms with Gasteiger partial charge in [0.15, 0.2) is 10.9 Å². The van der Waals surface area contributed by atoms with Crippen molar-refractivity contribution in [3.8, 4) is 17.3 Å². The average molecular weight is 602 g/mol. The molecule has 220 valence electrons. The predicted octanol–water partition coefficient (Wildman–Crippen LogP) is 2.06. The molecule has 43 heavy (non-hydrogen) atoms. The lowest BCUT2D eigenvalue weighted by Gasteiger charge is -2.40. The number of thiazole rings is 1. The number of halogens is 2. The first-order valence-corrected chi connectivity index (χ1v) is 14.8. The van der Waals surface area contributed by atoms with Crippen LogP contribution in [0.5, 0.6) is 0 Å². The Morgan fingerprint density at radius 3 is 2.53 bits per heavy atom. The van der Waals surface area contributed by atoms with Crippen LogP contribution in [0.25, 0.3) is 16.8 Å². The number of piperazine rings is 1. The van der Waals surface area contributed by atoms with E-state index in [0.717, 1.165) is 0 Å². The van der Waals surface area contributed by atoms with Gasteiger partial charge in [-0.1, -0.05) is 18.3 Å². The smallest absolute Gasteiger partial charge is 0.236 e. The standard InChI is InChI=1S/C29H29BF2N8O2S/c1-3-20-27(36(2)29-34-26(23(13-33)43-29)17-4-6-18(31)7-5-17)22-12-21(25(32)28(30)40(22)35-20)38-10-8-37(9-11-38)16-24(42)39-14-19(41)15-39/h4-7,12,19,41H,3,8-11,14-16H2,1-2H3. The molecule has 0 spiro atoms. The van der Waals surface area contributed by atoms with Crippen molar-refractivity contribution in [1.29, 1.82) is 5.26 Å². The third-order valence-electron chi connectivity index (χ3n) is 8.00. The molecule has 0 saturated carbocycles. The Hall–Kier alpha value is -4.06. The molecule has 5 heterocycles. The van der Waals surface area contributed by atoms with Crippen LogP contribution in [-0.4, -0.2) is 102 Å². The lowest BCUT2D eigenvalue weighted by atomic mass is 10.0. The van der Waals surface area contributed by atoms with E-state index in [9.17, 15) is 19.6 Å². The Kier molecular flexibility index (Phi) is 7.80. The van der Waals surface area contributed by atoms with Crippen molar-refractivity contribution >= 4 is 52.7 Å². The van der Waals surface area contributed by atoms with Crippen LogP contribution in [0.2, 0.25) is 0 Å². The number of likely N-dealkylation sites (tertiary alicyclic amines) is 1. The van der Waals surface area contributed by atoms with Crippen molar-refractivity contribution in [2.45, 2.75) is 19.4 Å². The molecule has 14 heteroatoms. The summed E-state index contributed by atoms with van der Waals surface area (Å²) in [5.41, 5.74) is 3.29. The van der Waals surface area contributed by atoms with Crippen LogP contribution in [0.15, 0.2) is 30.3 Å². The van der Waals surface area contributed by atoms with E-state index in [4.69, 9.17) is 12.8 Å². The van der Waals surface area contributed by atoms with Gasteiger partial charge in [0.1, 0.15) is 30.3 Å². The number of aryl methyl sites for hydroxylation is 1. The maximum atomic E-state index is 15.7. The summed E-state index contributed by atoms with van der Waals surface area (Å²) in [4.78, 5) is 25.0. The summed E-state index contributed by atoms with van der Waals surface area (Å²) in [7, 11) is 8.13. The molecule has 2 radical (unpaired) electrons. The van der Waals surface area contributed by atoms with E-state index in [-0.39, 0.29) is 23.9 Å². The fourth-order valence-corrected chi connectivity index (χ4v) is 6.41. The van der Waals surface area contributed by atoms with Crippen molar-refractivity contribution in [2.24, 2.45) is 0 Å². The summed E-state index contributed by atoms with van der Waals surface area (Å²) in [5.74, 6) is -0.957. The first-order chi connectivity index (χ1) is 20.7. The summed E-state index contributed by atoms with van der Waals surface area (Å²) in [6.45, 7) is 5.10. The minimum atomic E-state index is -0.564. The fourth-order valence-electron chi connectivity index (χ4n) is 5.56. The van der Waals surface area contributed by atoms with Gasteiger partial charge in [-0.2, -0.15) is 10.4 Å². The van der Waals surface area contributed by atoms with Crippen LogP contribution in [0, 0.1) is 23.0 Å². The molecule has 1 amide bonds. The van der Waals surface area contributed by atoms with E-state index < -0.39 is 11.9 Å². The Morgan fingerprint density at radius 1 is 1.21 bits per heavy atom. The molecule has 2 aliphatic heterocycles. The summed E-state index contributed by atoms with van der Waals surface area (Å²) in [6, 6.07) is 9.76. The molecule has 0 aliphatic carbocycles. The second kappa shape index (κ2) is 11.6. The molecule has 3 aromatic heterocycles. The highest BCUT2D eigenvalue weighted by Gasteiger charge is 2.31. The van der Waals surface area contributed by atoms with Crippen LogP contribution < -0.4 is 15.4 Å². The number of benzene rings is 1. The molecule has 6 rings (SSSR count). The number of hydrogen-bond donors (Lipinski definition) is 1. The largest absolute Gasteiger partial charge is 0.389 e. The maximum Gasteiger partial charge on any atom is 0.236 e. The summed E-state index contributed by atoms with van der Waals surface area (Å²) in [6.07, 6.45) is 0.102. The van der Waals surface area contributed by atoms with Crippen LogP contribution >= 0.6 is 11.3 Å². The molecule has 0 atom stereocenters. The number of nitriles is 1. The maximum absolute atomic E-state index is 15.7. The Balaban J connectivity index is 1.30. The molecule has 1 N–H and O–H groups in total. The van der Waals surface area contributed by atoms with Gasteiger partial charge in [-0.25, -0.2) is 18.3 Å². The number of β-amino-alcohol motifs (C(OH)–C–C–N with tert-alkyl or cyclic N) is 1. The minimum Gasteiger partial charge on any atom is -0.389 e. The molecular formula is C29H29BF2N8O2S. The van der Waals surface area contributed by atoms with Gasteiger partial charge in [0, 0.05) is 57.5 Å². The van der Waals surface area contributed by atoms with Gasteiger partial charge < -0.3 is 19.8 Å². The third kappa shape index (κ3) is 5.33. The summed E-state index contributed by atoms with van der Waals surface area (Å²) in [5, 5.41) is 24.4. The van der Waals surface area contributed by atoms with E-state index in [1.54, 1.807) is 23.1 Å². The number of fused-ring (bicyclic) bond motifs is 1. The number of aromatic nitrogens is 3. The van der Waals surface area contributed by atoms with Crippen LogP contribution in [0.1, 0.15) is 17.5 Å².